The van der Waals surface area contributed by atoms with Crippen LogP contribution in [0.4, 0.5) is 13.2 Å². The van der Waals surface area contributed by atoms with Crippen molar-refractivity contribution in [1.82, 2.24) is 4.90 Å². The van der Waals surface area contributed by atoms with Gasteiger partial charge in [-0.15, -0.1) is 0 Å². The summed E-state index contributed by atoms with van der Waals surface area (Å²) in [6.07, 6.45) is -0.132. The second-order valence-corrected chi connectivity index (χ2v) is 3.84. The van der Waals surface area contributed by atoms with Crippen LogP contribution in [-0.2, 0) is 17.3 Å². The van der Waals surface area contributed by atoms with Crippen molar-refractivity contribution < 1.29 is 17.9 Å². The minimum Gasteiger partial charge on any atom is -0.479 e. The average Bonchev–Trinajstić information content (AvgIpc) is 2.78. The summed E-state index contributed by atoms with van der Waals surface area (Å²) in [7, 11) is 0. The molecule has 17 heavy (non-hydrogen) atoms. The molecule has 0 unspecified atom stereocenters. The van der Waals surface area contributed by atoms with Crippen molar-refractivity contribution in [3.8, 4) is 0 Å². The van der Waals surface area contributed by atoms with E-state index in [1.165, 1.54) is 12.1 Å². The first-order valence-electron chi connectivity index (χ1n) is 5.24. The summed E-state index contributed by atoms with van der Waals surface area (Å²) in [6, 6.07) is 5.27. The van der Waals surface area contributed by atoms with E-state index in [1.807, 2.05) is 11.1 Å². The third-order valence-electron chi connectivity index (χ3n) is 2.58. The van der Waals surface area contributed by atoms with E-state index in [-0.39, 0.29) is 0 Å². The van der Waals surface area contributed by atoms with Gasteiger partial charge in [0, 0.05) is 12.7 Å². The summed E-state index contributed by atoms with van der Waals surface area (Å²) in [4.78, 5) is 1.96. The second-order valence-electron chi connectivity index (χ2n) is 3.84. The summed E-state index contributed by atoms with van der Waals surface area (Å²) in [5.41, 5.74) is 0.281. The number of ether oxygens (including phenoxy) is 1. The fraction of sp³-hybridized carbons (Fsp3) is 0.333. The first-order chi connectivity index (χ1) is 8.05. The Labute approximate surface area is 97.3 Å². The van der Waals surface area contributed by atoms with Crippen molar-refractivity contribution in [2.24, 2.45) is 0 Å². The molecule has 1 aromatic rings. The van der Waals surface area contributed by atoms with E-state index in [9.17, 15) is 13.2 Å². The van der Waals surface area contributed by atoms with Crippen molar-refractivity contribution >= 4 is 0 Å². The number of hydrogen-bond acceptors (Lipinski definition) is 2. The number of rotatable bonds is 3. The molecule has 1 aliphatic rings. The quantitative estimate of drug-likeness (QED) is 0.809. The Morgan fingerprint density at radius 1 is 1.18 bits per heavy atom. The van der Waals surface area contributed by atoms with Crippen LogP contribution in [0.3, 0.4) is 0 Å². The van der Waals surface area contributed by atoms with Gasteiger partial charge in [0.1, 0.15) is 6.26 Å². The monoisotopic (exact) mass is 243 g/mol. The highest BCUT2D eigenvalue weighted by molar-refractivity contribution is 5.24. The lowest BCUT2D eigenvalue weighted by Crippen LogP contribution is -2.18. The topological polar surface area (TPSA) is 12.5 Å². The lowest BCUT2D eigenvalue weighted by Gasteiger charge is -2.13. The number of benzene rings is 1. The highest BCUT2D eigenvalue weighted by Crippen LogP contribution is 2.29. The summed E-state index contributed by atoms with van der Waals surface area (Å²) < 4.78 is 42.0. The smallest absolute Gasteiger partial charge is 0.416 e. The molecule has 0 aliphatic carbocycles. The van der Waals surface area contributed by atoms with Gasteiger partial charge in [-0.2, -0.15) is 13.2 Å². The van der Waals surface area contributed by atoms with Gasteiger partial charge in [0.2, 0.25) is 0 Å². The molecular weight excluding hydrogens is 231 g/mol. The van der Waals surface area contributed by atoms with Crippen LogP contribution < -0.4 is 0 Å². The van der Waals surface area contributed by atoms with Gasteiger partial charge in [0.15, 0.2) is 6.73 Å². The zero-order chi connectivity index (χ0) is 12.3. The Kier molecular flexibility index (Phi) is 3.26. The Morgan fingerprint density at radius 2 is 1.88 bits per heavy atom. The number of alkyl halides is 3. The van der Waals surface area contributed by atoms with E-state index < -0.39 is 11.7 Å². The van der Waals surface area contributed by atoms with Crippen LogP contribution in [-0.4, -0.2) is 18.2 Å². The van der Waals surface area contributed by atoms with Crippen LogP contribution in [0.1, 0.15) is 11.1 Å². The Hall–Kier alpha value is -1.65. The fourth-order valence-corrected chi connectivity index (χ4v) is 1.58. The van der Waals surface area contributed by atoms with Crippen LogP contribution in [0, 0.1) is 0 Å². The first-order valence-corrected chi connectivity index (χ1v) is 5.24. The third kappa shape index (κ3) is 3.15. The van der Waals surface area contributed by atoms with Crippen molar-refractivity contribution in [1.29, 1.82) is 0 Å². The van der Waals surface area contributed by atoms with E-state index >= 15 is 0 Å². The first kappa shape index (κ1) is 11.8. The normalized spacial score (nSPS) is 15.1. The van der Waals surface area contributed by atoms with E-state index in [4.69, 9.17) is 4.74 Å². The standard InChI is InChI=1S/C12H12F3NO/c13-12(14,15)11-3-1-10(2-4-11)5-6-16-7-8-17-9-16/h1-4,7-8H,5-6,9H2. The Balaban J connectivity index is 1.91. The molecule has 0 saturated carbocycles. The molecular formula is C12H12F3NO. The summed E-state index contributed by atoms with van der Waals surface area (Å²) in [5, 5.41) is 0. The van der Waals surface area contributed by atoms with Crippen LogP contribution in [0.5, 0.6) is 0 Å². The van der Waals surface area contributed by atoms with Gasteiger partial charge in [0.05, 0.1) is 5.56 Å². The van der Waals surface area contributed by atoms with Crippen molar-refractivity contribution in [3.05, 3.63) is 47.9 Å². The third-order valence-corrected chi connectivity index (χ3v) is 2.58. The van der Waals surface area contributed by atoms with Gasteiger partial charge in [-0.25, -0.2) is 0 Å². The molecule has 2 rings (SSSR count). The van der Waals surface area contributed by atoms with Crippen LogP contribution in [0.15, 0.2) is 36.7 Å². The summed E-state index contributed by atoms with van der Waals surface area (Å²) in [5.74, 6) is 0. The Bertz CT molecular complexity index is 397. The molecule has 1 heterocycles. The lowest BCUT2D eigenvalue weighted by atomic mass is 10.1. The minimum absolute atomic E-state index is 0.515. The molecule has 92 valence electrons. The van der Waals surface area contributed by atoms with E-state index in [1.54, 1.807) is 6.26 Å². The molecule has 0 N–H and O–H groups in total. The van der Waals surface area contributed by atoms with Gasteiger partial charge in [-0.3, -0.25) is 0 Å². The number of nitrogens with zero attached hydrogens (tertiary/aromatic N) is 1. The molecule has 1 aliphatic heterocycles. The molecule has 0 bridgehead atoms. The van der Waals surface area contributed by atoms with Gasteiger partial charge in [-0.1, -0.05) is 12.1 Å². The minimum atomic E-state index is -4.26. The molecule has 0 amide bonds. The molecule has 0 saturated heterocycles. The second kappa shape index (κ2) is 4.69. The highest BCUT2D eigenvalue weighted by atomic mass is 19.4. The van der Waals surface area contributed by atoms with Crippen LogP contribution >= 0.6 is 0 Å². The van der Waals surface area contributed by atoms with Crippen molar-refractivity contribution in [2.75, 3.05) is 13.3 Å². The predicted molar refractivity (Wildman–Crippen MR) is 56.9 cm³/mol. The highest BCUT2D eigenvalue weighted by Gasteiger charge is 2.29. The van der Waals surface area contributed by atoms with Crippen LogP contribution in [0.25, 0.3) is 0 Å². The van der Waals surface area contributed by atoms with E-state index in [0.717, 1.165) is 24.2 Å². The lowest BCUT2D eigenvalue weighted by molar-refractivity contribution is -0.137. The molecule has 2 nitrogen and oxygen atoms in total. The maximum Gasteiger partial charge on any atom is 0.416 e. The van der Waals surface area contributed by atoms with Crippen molar-refractivity contribution in [3.63, 3.8) is 0 Å². The predicted octanol–water partition coefficient (Wildman–Crippen LogP) is 3.01. The zero-order valence-corrected chi connectivity index (χ0v) is 9.07. The SMILES string of the molecule is FC(F)(F)c1ccc(CCN2C=COC2)cc1. The van der Waals surface area contributed by atoms with Crippen molar-refractivity contribution in [2.45, 2.75) is 12.6 Å². The fourth-order valence-electron chi connectivity index (χ4n) is 1.58. The molecule has 0 aromatic heterocycles. The molecule has 0 fully saturated rings. The van der Waals surface area contributed by atoms with Gasteiger partial charge in [-0.05, 0) is 24.1 Å². The Morgan fingerprint density at radius 3 is 2.41 bits per heavy atom. The van der Waals surface area contributed by atoms with Gasteiger partial charge < -0.3 is 9.64 Å². The summed E-state index contributed by atoms with van der Waals surface area (Å²) >= 11 is 0. The molecule has 0 radical (unpaired) electrons. The van der Waals surface area contributed by atoms with Gasteiger partial charge >= 0.3 is 6.18 Å². The van der Waals surface area contributed by atoms with E-state index in [0.29, 0.717) is 13.2 Å². The molecule has 1 aromatic carbocycles. The van der Waals surface area contributed by atoms with Gasteiger partial charge in [0.25, 0.3) is 0 Å². The molecule has 0 atom stereocenters. The van der Waals surface area contributed by atoms with Crippen LogP contribution in [0.2, 0.25) is 0 Å². The van der Waals surface area contributed by atoms with E-state index in [2.05, 4.69) is 0 Å². The zero-order valence-electron chi connectivity index (χ0n) is 9.07. The largest absolute Gasteiger partial charge is 0.479 e. The maximum atomic E-state index is 12.3. The molecule has 5 heteroatoms. The maximum absolute atomic E-state index is 12.3. The summed E-state index contributed by atoms with van der Waals surface area (Å²) in [6.45, 7) is 1.25. The number of halogens is 3. The average molecular weight is 243 g/mol. The molecule has 0 spiro atoms. The number of hydrogen-bond donors (Lipinski definition) is 0.